The van der Waals surface area contributed by atoms with E-state index in [0.717, 1.165) is 41.7 Å². The van der Waals surface area contributed by atoms with Crippen LogP contribution in [0.4, 0.5) is 0 Å². The van der Waals surface area contributed by atoms with Crippen LogP contribution in [-0.4, -0.2) is 26.9 Å². The van der Waals surface area contributed by atoms with Gasteiger partial charge in [0, 0.05) is 12.2 Å². The average Bonchev–Trinajstić information content (AvgIpc) is 2.47. The van der Waals surface area contributed by atoms with Gasteiger partial charge in [-0.25, -0.2) is 0 Å². The van der Waals surface area contributed by atoms with Gasteiger partial charge in [0.15, 0.2) is 0 Å². The molecule has 3 nitrogen and oxygen atoms in total. The molecule has 2 rings (SSSR count). The first-order valence-electron chi connectivity index (χ1n) is 6.35. The van der Waals surface area contributed by atoms with Crippen LogP contribution in [0.1, 0.15) is 30.2 Å². The molecule has 0 spiro atoms. The summed E-state index contributed by atoms with van der Waals surface area (Å²) in [4.78, 5) is 0. The van der Waals surface area contributed by atoms with Crippen molar-refractivity contribution in [1.82, 2.24) is 0 Å². The van der Waals surface area contributed by atoms with Crippen molar-refractivity contribution in [3.63, 3.8) is 0 Å². The zero-order chi connectivity index (χ0) is 13.8. The Morgan fingerprint density at radius 3 is 2.68 bits per heavy atom. The van der Waals surface area contributed by atoms with Crippen molar-refractivity contribution in [2.24, 2.45) is 0 Å². The fraction of sp³-hybridized carbons (Fsp3) is 0.571. The zero-order valence-electron chi connectivity index (χ0n) is 11.1. The van der Waals surface area contributed by atoms with E-state index in [-0.39, 0.29) is 11.5 Å². The fourth-order valence-corrected chi connectivity index (χ4v) is 3.39. The number of alkyl halides is 1. The summed E-state index contributed by atoms with van der Waals surface area (Å²) in [6, 6.07) is 3.83. The van der Waals surface area contributed by atoms with E-state index in [0.29, 0.717) is 5.75 Å². The SMILES string of the molecule is COc1ccc(C(Cl)C2CCCCO2)c(OC)c1Br. The summed E-state index contributed by atoms with van der Waals surface area (Å²) in [5.74, 6) is 1.45. The van der Waals surface area contributed by atoms with E-state index in [9.17, 15) is 0 Å². The quantitative estimate of drug-likeness (QED) is 0.758. The zero-order valence-corrected chi connectivity index (χ0v) is 13.5. The van der Waals surface area contributed by atoms with E-state index in [4.69, 9.17) is 25.8 Å². The lowest BCUT2D eigenvalue weighted by atomic mass is 10.00. The second-order valence-electron chi connectivity index (χ2n) is 4.51. The Morgan fingerprint density at radius 1 is 1.32 bits per heavy atom. The van der Waals surface area contributed by atoms with Crippen LogP contribution in [0, 0.1) is 0 Å². The smallest absolute Gasteiger partial charge is 0.141 e. The maximum absolute atomic E-state index is 6.57. The summed E-state index contributed by atoms with van der Waals surface area (Å²) in [5, 5.41) is -0.211. The minimum Gasteiger partial charge on any atom is -0.495 e. The minimum atomic E-state index is -0.211. The first-order valence-corrected chi connectivity index (χ1v) is 7.58. The molecule has 1 fully saturated rings. The summed E-state index contributed by atoms with van der Waals surface area (Å²) < 4.78 is 17.3. The van der Waals surface area contributed by atoms with Crippen LogP contribution in [-0.2, 0) is 4.74 Å². The van der Waals surface area contributed by atoms with Crippen LogP contribution < -0.4 is 9.47 Å². The lowest BCUT2D eigenvalue weighted by molar-refractivity contribution is 0.0132. The summed E-state index contributed by atoms with van der Waals surface area (Å²) >= 11 is 10.1. The molecule has 0 N–H and O–H groups in total. The van der Waals surface area contributed by atoms with Crippen LogP contribution in [0.25, 0.3) is 0 Å². The molecule has 1 heterocycles. The Bertz CT molecular complexity index is 433. The van der Waals surface area contributed by atoms with Crippen molar-refractivity contribution in [2.75, 3.05) is 20.8 Å². The number of rotatable bonds is 4. The molecule has 106 valence electrons. The van der Waals surface area contributed by atoms with Gasteiger partial charge in [-0.15, -0.1) is 11.6 Å². The monoisotopic (exact) mass is 348 g/mol. The number of hydrogen-bond acceptors (Lipinski definition) is 3. The van der Waals surface area contributed by atoms with Gasteiger partial charge in [0.05, 0.1) is 25.7 Å². The summed E-state index contributed by atoms with van der Waals surface area (Å²) in [6.07, 6.45) is 3.31. The number of methoxy groups -OCH3 is 2. The summed E-state index contributed by atoms with van der Waals surface area (Å²) in [7, 11) is 3.26. The second kappa shape index (κ2) is 6.82. The van der Waals surface area contributed by atoms with Crippen LogP contribution in [0.5, 0.6) is 11.5 Å². The van der Waals surface area contributed by atoms with Crippen molar-refractivity contribution >= 4 is 27.5 Å². The summed E-state index contributed by atoms with van der Waals surface area (Å²) in [5.41, 5.74) is 0.934. The third-order valence-electron chi connectivity index (χ3n) is 3.35. The average molecular weight is 350 g/mol. The molecular formula is C14H18BrClO3. The molecule has 1 aliphatic heterocycles. The highest BCUT2D eigenvalue weighted by atomic mass is 79.9. The van der Waals surface area contributed by atoms with Gasteiger partial charge in [-0.05, 0) is 47.3 Å². The number of ether oxygens (including phenoxy) is 3. The van der Waals surface area contributed by atoms with Gasteiger partial charge in [-0.1, -0.05) is 0 Å². The maximum Gasteiger partial charge on any atom is 0.141 e. The molecular weight excluding hydrogens is 332 g/mol. The lowest BCUT2D eigenvalue weighted by Crippen LogP contribution is -2.24. The molecule has 1 aromatic carbocycles. The first-order chi connectivity index (χ1) is 9.19. The largest absolute Gasteiger partial charge is 0.495 e. The predicted molar refractivity (Wildman–Crippen MR) is 79.4 cm³/mol. The van der Waals surface area contributed by atoms with Crippen molar-refractivity contribution in [3.05, 3.63) is 22.2 Å². The molecule has 2 atom stereocenters. The van der Waals surface area contributed by atoms with E-state index in [2.05, 4.69) is 15.9 Å². The van der Waals surface area contributed by atoms with Gasteiger partial charge in [0.25, 0.3) is 0 Å². The molecule has 0 bridgehead atoms. The van der Waals surface area contributed by atoms with Gasteiger partial charge in [0.2, 0.25) is 0 Å². The normalized spacial score (nSPS) is 20.9. The van der Waals surface area contributed by atoms with Crippen LogP contribution in [0.15, 0.2) is 16.6 Å². The molecule has 19 heavy (non-hydrogen) atoms. The van der Waals surface area contributed by atoms with Gasteiger partial charge in [0.1, 0.15) is 16.0 Å². The maximum atomic E-state index is 6.57. The van der Waals surface area contributed by atoms with Gasteiger partial charge in [-0.2, -0.15) is 0 Å². The van der Waals surface area contributed by atoms with Gasteiger partial charge < -0.3 is 14.2 Å². The van der Waals surface area contributed by atoms with Crippen LogP contribution in [0.3, 0.4) is 0 Å². The molecule has 1 aliphatic rings. The highest BCUT2D eigenvalue weighted by Gasteiger charge is 2.28. The standard InChI is InChI=1S/C14H18BrClO3/c1-17-10-7-6-9(14(18-2)12(10)15)13(16)11-5-3-4-8-19-11/h6-7,11,13H,3-5,8H2,1-2H3. The van der Waals surface area contributed by atoms with E-state index in [1.807, 2.05) is 12.1 Å². The summed E-state index contributed by atoms with van der Waals surface area (Å²) in [6.45, 7) is 0.785. The Morgan fingerprint density at radius 2 is 2.11 bits per heavy atom. The Balaban J connectivity index is 2.30. The number of halogens is 2. The van der Waals surface area contributed by atoms with Gasteiger partial charge >= 0.3 is 0 Å². The molecule has 0 aromatic heterocycles. The van der Waals surface area contributed by atoms with Crippen LogP contribution >= 0.6 is 27.5 Å². The van der Waals surface area contributed by atoms with Crippen molar-refractivity contribution in [2.45, 2.75) is 30.7 Å². The van der Waals surface area contributed by atoms with Crippen molar-refractivity contribution in [3.8, 4) is 11.5 Å². The third kappa shape index (κ3) is 3.18. The van der Waals surface area contributed by atoms with E-state index in [1.54, 1.807) is 14.2 Å². The lowest BCUT2D eigenvalue weighted by Gasteiger charge is -2.28. The Hall–Kier alpha value is -0.450. The predicted octanol–water partition coefficient (Wildman–Crippen LogP) is 4.32. The Labute approximate surface area is 127 Å². The third-order valence-corrected chi connectivity index (χ3v) is 4.62. The Kier molecular flexibility index (Phi) is 5.37. The molecule has 0 radical (unpaired) electrons. The van der Waals surface area contributed by atoms with Crippen molar-refractivity contribution in [1.29, 1.82) is 0 Å². The van der Waals surface area contributed by atoms with E-state index >= 15 is 0 Å². The number of benzene rings is 1. The highest BCUT2D eigenvalue weighted by Crippen LogP contribution is 2.43. The second-order valence-corrected chi connectivity index (χ2v) is 5.77. The molecule has 0 amide bonds. The molecule has 1 aromatic rings. The van der Waals surface area contributed by atoms with Crippen molar-refractivity contribution < 1.29 is 14.2 Å². The molecule has 0 aliphatic carbocycles. The fourth-order valence-electron chi connectivity index (χ4n) is 2.33. The topological polar surface area (TPSA) is 27.7 Å². The molecule has 1 saturated heterocycles. The molecule has 2 unspecified atom stereocenters. The van der Waals surface area contributed by atoms with Gasteiger partial charge in [-0.3, -0.25) is 0 Å². The van der Waals surface area contributed by atoms with Crippen LogP contribution in [0.2, 0.25) is 0 Å². The minimum absolute atomic E-state index is 0.0459. The first kappa shape index (κ1) is 14.9. The van der Waals surface area contributed by atoms with E-state index in [1.165, 1.54) is 0 Å². The molecule has 0 saturated carbocycles. The number of hydrogen-bond donors (Lipinski definition) is 0. The van der Waals surface area contributed by atoms with E-state index < -0.39 is 0 Å². The molecule has 5 heteroatoms. The highest BCUT2D eigenvalue weighted by molar-refractivity contribution is 9.10.